The van der Waals surface area contributed by atoms with Crippen LogP contribution in [0.15, 0.2) is 24.5 Å². The van der Waals surface area contributed by atoms with Gasteiger partial charge in [0.15, 0.2) is 0 Å². The van der Waals surface area contributed by atoms with Crippen molar-refractivity contribution >= 4 is 46.4 Å². The minimum absolute atomic E-state index is 0.000740. The molecule has 2 aromatic heterocycles. The normalized spacial score (nSPS) is 11.3. The summed E-state index contributed by atoms with van der Waals surface area (Å²) in [6.45, 7) is 0. The molecule has 0 fully saturated rings. The number of amides is 2. The Morgan fingerprint density at radius 3 is 2.45 bits per heavy atom. The highest BCUT2D eigenvalue weighted by Crippen LogP contribution is 2.32. The number of hydrogen-bond donors (Lipinski definition) is 1. The smallest absolute Gasteiger partial charge is 0.287 e. The maximum Gasteiger partial charge on any atom is 0.417 e. The SMILES string of the molecule is O=C(NC(=O)c1cnccc1C(F)(F)F)c1cc(Cl)c(Cl)s1. The molecule has 0 unspecified atom stereocenters. The fourth-order valence-corrected chi connectivity index (χ4v) is 2.78. The summed E-state index contributed by atoms with van der Waals surface area (Å²) in [5, 5.41) is 1.95. The number of carbonyl (C=O) groups excluding carboxylic acids is 2. The summed E-state index contributed by atoms with van der Waals surface area (Å²) in [5.74, 6) is -2.12. The van der Waals surface area contributed by atoms with Crippen LogP contribution in [0.1, 0.15) is 25.6 Å². The van der Waals surface area contributed by atoms with E-state index in [0.29, 0.717) is 6.07 Å². The molecule has 2 amide bonds. The Morgan fingerprint density at radius 1 is 1.23 bits per heavy atom. The fourth-order valence-electron chi connectivity index (χ4n) is 1.51. The molecule has 2 rings (SSSR count). The van der Waals surface area contributed by atoms with Gasteiger partial charge in [0.25, 0.3) is 11.8 Å². The van der Waals surface area contributed by atoms with Crippen molar-refractivity contribution in [3.63, 3.8) is 0 Å². The van der Waals surface area contributed by atoms with Crippen molar-refractivity contribution in [1.82, 2.24) is 10.3 Å². The van der Waals surface area contributed by atoms with E-state index in [2.05, 4.69) is 4.98 Å². The molecule has 0 spiro atoms. The van der Waals surface area contributed by atoms with Crippen molar-refractivity contribution in [3.8, 4) is 0 Å². The minimum Gasteiger partial charge on any atom is -0.287 e. The van der Waals surface area contributed by atoms with Gasteiger partial charge in [-0.25, -0.2) is 0 Å². The lowest BCUT2D eigenvalue weighted by Gasteiger charge is -2.11. The van der Waals surface area contributed by atoms with Crippen molar-refractivity contribution in [3.05, 3.63) is 49.9 Å². The van der Waals surface area contributed by atoms with Crippen molar-refractivity contribution in [1.29, 1.82) is 0 Å². The zero-order valence-electron chi connectivity index (χ0n) is 10.4. The summed E-state index contributed by atoms with van der Waals surface area (Å²) >= 11 is 12.1. The van der Waals surface area contributed by atoms with Gasteiger partial charge in [0, 0.05) is 12.4 Å². The standard InChI is InChI=1S/C12H5Cl2F3N2O2S/c13-7-3-8(22-9(7)14)11(21)19-10(20)5-4-18-2-1-6(5)12(15,16)17/h1-4H,(H,19,20,21). The molecule has 0 aliphatic heterocycles. The van der Waals surface area contributed by atoms with Crippen molar-refractivity contribution in [2.45, 2.75) is 6.18 Å². The zero-order chi connectivity index (χ0) is 16.5. The Balaban J connectivity index is 2.25. The molecule has 2 heterocycles. The van der Waals surface area contributed by atoms with E-state index in [1.807, 2.05) is 5.32 Å². The van der Waals surface area contributed by atoms with Crippen LogP contribution < -0.4 is 5.32 Å². The molecule has 4 nitrogen and oxygen atoms in total. The predicted molar refractivity (Wildman–Crippen MR) is 75.4 cm³/mol. The van der Waals surface area contributed by atoms with Gasteiger partial charge in [0.2, 0.25) is 0 Å². The third kappa shape index (κ3) is 3.57. The van der Waals surface area contributed by atoms with Gasteiger partial charge < -0.3 is 0 Å². The summed E-state index contributed by atoms with van der Waals surface area (Å²) in [7, 11) is 0. The number of thiophene rings is 1. The first kappa shape index (κ1) is 16.7. The highest BCUT2D eigenvalue weighted by Gasteiger charge is 2.35. The molecule has 0 radical (unpaired) electrons. The van der Waals surface area contributed by atoms with E-state index in [9.17, 15) is 22.8 Å². The molecule has 22 heavy (non-hydrogen) atoms. The third-order valence-corrected chi connectivity index (χ3v) is 4.33. The molecule has 0 aliphatic carbocycles. The van der Waals surface area contributed by atoms with E-state index in [4.69, 9.17) is 23.2 Å². The quantitative estimate of drug-likeness (QED) is 0.813. The number of imide groups is 1. The monoisotopic (exact) mass is 368 g/mol. The number of nitrogens with one attached hydrogen (secondary N) is 1. The Kier molecular flexibility index (Phi) is 4.74. The average molecular weight is 369 g/mol. The van der Waals surface area contributed by atoms with Crippen molar-refractivity contribution in [2.75, 3.05) is 0 Å². The Labute approximate surface area is 135 Å². The number of alkyl halides is 3. The predicted octanol–water partition coefficient (Wildman–Crippen LogP) is 4.04. The van der Waals surface area contributed by atoms with Gasteiger partial charge in [0.1, 0.15) is 4.34 Å². The number of pyridine rings is 1. The Morgan fingerprint density at radius 2 is 1.91 bits per heavy atom. The van der Waals surface area contributed by atoms with Crippen LogP contribution in [0.5, 0.6) is 0 Å². The number of carbonyl (C=O) groups is 2. The van der Waals surface area contributed by atoms with Gasteiger partial charge in [-0.3, -0.25) is 19.9 Å². The molecule has 0 saturated heterocycles. The van der Waals surface area contributed by atoms with Gasteiger partial charge in [-0.2, -0.15) is 13.2 Å². The Bertz CT molecular complexity index is 727. The second-order valence-electron chi connectivity index (χ2n) is 3.93. The molecular weight excluding hydrogens is 364 g/mol. The van der Waals surface area contributed by atoms with Gasteiger partial charge in [-0.15, -0.1) is 11.3 Å². The lowest BCUT2D eigenvalue weighted by atomic mass is 10.1. The molecule has 0 atom stereocenters. The molecule has 0 saturated carbocycles. The molecule has 116 valence electrons. The largest absolute Gasteiger partial charge is 0.417 e. The van der Waals surface area contributed by atoms with Crippen LogP contribution in [-0.4, -0.2) is 16.8 Å². The van der Waals surface area contributed by atoms with E-state index in [1.165, 1.54) is 6.07 Å². The summed E-state index contributed by atoms with van der Waals surface area (Å²) < 4.78 is 38.5. The molecule has 2 aromatic rings. The first-order valence-electron chi connectivity index (χ1n) is 5.52. The molecule has 1 N–H and O–H groups in total. The van der Waals surface area contributed by atoms with Crippen LogP contribution in [0.2, 0.25) is 9.36 Å². The third-order valence-electron chi connectivity index (χ3n) is 2.47. The lowest BCUT2D eigenvalue weighted by Crippen LogP contribution is -2.31. The summed E-state index contributed by atoms with van der Waals surface area (Å²) in [6.07, 6.45) is -3.10. The number of halogens is 5. The average Bonchev–Trinajstić information content (AvgIpc) is 2.78. The summed E-state index contributed by atoms with van der Waals surface area (Å²) in [4.78, 5) is 27.1. The second kappa shape index (κ2) is 6.23. The Hall–Kier alpha value is -1.64. The van der Waals surface area contributed by atoms with E-state index < -0.39 is 29.1 Å². The van der Waals surface area contributed by atoms with E-state index in [1.54, 1.807) is 0 Å². The first-order chi connectivity index (χ1) is 10.2. The first-order valence-corrected chi connectivity index (χ1v) is 7.09. The number of hydrogen-bond acceptors (Lipinski definition) is 4. The highest BCUT2D eigenvalue weighted by molar-refractivity contribution is 7.18. The van der Waals surface area contributed by atoms with Gasteiger partial charge in [-0.05, 0) is 12.1 Å². The van der Waals surface area contributed by atoms with Crippen molar-refractivity contribution < 1.29 is 22.8 Å². The van der Waals surface area contributed by atoms with E-state index in [0.717, 1.165) is 23.7 Å². The molecular formula is C12H5Cl2F3N2O2S. The van der Waals surface area contributed by atoms with Crippen LogP contribution in [0.3, 0.4) is 0 Å². The maximum atomic E-state index is 12.8. The molecule has 10 heteroatoms. The van der Waals surface area contributed by atoms with Gasteiger partial charge in [0.05, 0.1) is 21.0 Å². The molecule has 0 aromatic carbocycles. The van der Waals surface area contributed by atoms with Crippen LogP contribution in [0.25, 0.3) is 0 Å². The number of rotatable bonds is 2. The van der Waals surface area contributed by atoms with Crippen molar-refractivity contribution in [2.24, 2.45) is 0 Å². The van der Waals surface area contributed by atoms with Crippen LogP contribution in [-0.2, 0) is 6.18 Å². The molecule has 0 bridgehead atoms. The maximum absolute atomic E-state index is 12.8. The molecule has 0 aliphatic rings. The minimum atomic E-state index is -4.74. The highest BCUT2D eigenvalue weighted by atomic mass is 35.5. The summed E-state index contributed by atoms with van der Waals surface area (Å²) in [5.41, 5.74) is -1.94. The fraction of sp³-hybridized carbons (Fsp3) is 0.0833. The number of aromatic nitrogens is 1. The van der Waals surface area contributed by atoms with Crippen LogP contribution in [0, 0.1) is 0 Å². The summed E-state index contributed by atoms with van der Waals surface area (Å²) in [6, 6.07) is 1.86. The van der Waals surface area contributed by atoms with Gasteiger partial charge in [-0.1, -0.05) is 23.2 Å². The van der Waals surface area contributed by atoms with E-state index in [-0.39, 0.29) is 14.2 Å². The topological polar surface area (TPSA) is 59.1 Å². The lowest BCUT2D eigenvalue weighted by molar-refractivity contribution is -0.138. The van der Waals surface area contributed by atoms with Gasteiger partial charge >= 0.3 is 6.18 Å². The van der Waals surface area contributed by atoms with E-state index >= 15 is 0 Å². The zero-order valence-corrected chi connectivity index (χ0v) is 12.7. The van der Waals surface area contributed by atoms with Crippen LogP contribution in [0.4, 0.5) is 13.2 Å². The van der Waals surface area contributed by atoms with Crippen LogP contribution >= 0.6 is 34.5 Å². The second-order valence-corrected chi connectivity index (χ2v) is 6.00. The number of nitrogens with zero attached hydrogens (tertiary/aromatic N) is 1.